The molecule has 2 heterocycles. The molecule has 0 radical (unpaired) electrons. The summed E-state index contributed by atoms with van der Waals surface area (Å²) >= 11 is 1.40. The van der Waals surface area contributed by atoms with Crippen LogP contribution in [0.15, 0.2) is 23.8 Å². The van der Waals surface area contributed by atoms with Crippen LogP contribution in [0.4, 0.5) is 0 Å². The molecule has 0 saturated heterocycles. The van der Waals surface area contributed by atoms with Crippen molar-refractivity contribution in [2.75, 3.05) is 0 Å². The van der Waals surface area contributed by atoms with E-state index in [9.17, 15) is 0 Å². The number of aromatic amines is 1. The molecule has 13 heavy (non-hydrogen) atoms. The molecule has 0 amide bonds. The Kier molecular flexibility index (Phi) is 2.35. The normalized spacial score (nSPS) is 13.0. The largest absolute Gasteiger partial charge is 0.285 e. The fourth-order valence-electron chi connectivity index (χ4n) is 1.14. The quantitative estimate of drug-likeness (QED) is 0.490. The highest BCUT2D eigenvalue weighted by atomic mass is 32.1. The van der Waals surface area contributed by atoms with Crippen LogP contribution in [-0.2, 0) is 0 Å². The summed E-state index contributed by atoms with van der Waals surface area (Å²) in [4.78, 5) is 0. The molecular weight excluding hydrogens is 186 g/mol. The maximum absolute atomic E-state index is 5.43. The first-order valence-electron chi connectivity index (χ1n) is 3.77. The molecule has 0 bridgehead atoms. The highest BCUT2D eigenvalue weighted by molar-refractivity contribution is 7.03. The number of H-pyrrole nitrogens is 1. The van der Waals surface area contributed by atoms with Crippen LogP contribution in [-0.4, -0.2) is 14.6 Å². The van der Waals surface area contributed by atoms with Gasteiger partial charge in [-0.1, -0.05) is 0 Å². The van der Waals surface area contributed by atoms with E-state index in [4.69, 9.17) is 5.84 Å². The Morgan fingerprint density at radius 1 is 1.62 bits per heavy atom. The van der Waals surface area contributed by atoms with Crippen LogP contribution in [0.5, 0.6) is 0 Å². The zero-order chi connectivity index (χ0) is 9.10. The highest BCUT2D eigenvalue weighted by Gasteiger charge is 2.14. The van der Waals surface area contributed by atoms with E-state index in [-0.39, 0.29) is 6.04 Å². The van der Waals surface area contributed by atoms with Crippen molar-refractivity contribution in [2.45, 2.75) is 6.04 Å². The minimum absolute atomic E-state index is 0.0787. The number of nitrogens with one attached hydrogen (secondary N) is 2. The van der Waals surface area contributed by atoms with Gasteiger partial charge in [-0.15, -0.1) is 0 Å². The lowest BCUT2D eigenvalue weighted by molar-refractivity contribution is 0.626. The monoisotopic (exact) mass is 195 g/mol. The second-order valence-electron chi connectivity index (χ2n) is 2.56. The SMILES string of the molecule is NNC(c1cn[nH]c1)c1ccsn1. The van der Waals surface area contributed by atoms with Gasteiger partial charge < -0.3 is 0 Å². The summed E-state index contributed by atoms with van der Waals surface area (Å²) in [6.45, 7) is 0. The number of nitrogens with zero attached hydrogens (tertiary/aromatic N) is 2. The Balaban J connectivity index is 2.29. The van der Waals surface area contributed by atoms with E-state index in [1.807, 2.05) is 11.4 Å². The molecule has 4 N–H and O–H groups in total. The molecule has 6 heteroatoms. The first-order chi connectivity index (χ1) is 6.42. The first-order valence-corrected chi connectivity index (χ1v) is 4.60. The lowest BCUT2D eigenvalue weighted by atomic mass is 10.1. The number of rotatable bonds is 3. The van der Waals surface area contributed by atoms with Crippen molar-refractivity contribution in [1.82, 2.24) is 20.0 Å². The Morgan fingerprint density at radius 2 is 2.54 bits per heavy atom. The van der Waals surface area contributed by atoms with Gasteiger partial charge in [0.25, 0.3) is 0 Å². The third-order valence-corrected chi connectivity index (χ3v) is 2.35. The number of hydrogen-bond acceptors (Lipinski definition) is 5. The van der Waals surface area contributed by atoms with Crippen LogP contribution in [0, 0.1) is 0 Å². The van der Waals surface area contributed by atoms with Gasteiger partial charge in [-0.2, -0.15) is 9.47 Å². The zero-order valence-electron chi connectivity index (χ0n) is 6.77. The number of aromatic nitrogens is 3. The topological polar surface area (TPSA) is 79.6 Å². The number of hydrazine groups is 1. The average molecular weight is 195 g/mol. The first kappa shape index (κ1) is 8.36. The smallest absolute Gasteiger partial charge is 0.0922 e. The van der Waals surface area contributed by atoms with Gasteiger partial charge in [0, 0.05) is 17.1 Å². The maximum atomic E-state index is 5.43. The lowest BCUT2D eigenvalue weighted by Gasteiger charge is -2.10. The molecule has 2 aromatic rings. The predicted octanol–water partition coefficient (Wildman–Crippen LogP) is 0.419. The average Bonchev–Trinajstić information content (AvgIpc) is 2.76. The van der Waals surface area contributed by atoms with Crippen LogP contribution in [0.1, 0.15) is 17.3 Å². The van der Waals surface area contributed by atoms with Gasteiger partial charge in [-0.25, -0.2) is 5.43 Å². The van der Waals surface area contributed by atoms with Gasteiger partial charge in [0.1, 0.15) is 0 Å². The molecule has 1 unspecified atom stereocenters. The third-order valence-electron chi connectivity index (χ3n) is 1.77. The van der Waals surface area contributed by atoms with Gasteiger partial charge in [-0.3, -0.25) is 10.9 Å². The number of hydrogen-bond donors (Lipinski definition) is 3. The van der Waals surface area contributed by atoms with E-state index in [0.29, 0.717) is 0 Å². The highest BCUT2D eigenvalue weighted by Crippen LogP contribution is 2.18. The molecule has 0 aliphatic heterocycles. The van der Waals surface area contributed by atoms with Crippen molar-refractivity contribution >= 4 is 11.5 Å². The minimum Gasteiger partial charge on any atom is -0.285 e. The Bertz CT molecular complexity index is 307. The van der Waals surface area contributed by atoms with Crippen LogP contribution in [0.25, 0.3) is 0 Å². The van der Waals surface area contributed by atoms with Crippen molar-refractivity contribution in [3.8, 4) is 0 Å². The molecule has 68 valence electrons. The van der Waals surface area contributed by atoms with Crippen molar-refractivity contribution in [1.29, 1.82) is 0 Å². The Morgan fingerprint density at radius 3 is 3.08 bits per heavy atom. The fraction of sp³-hybridized carbons (Fsp3) is 0.143. The summed E-state index contributed by atoms with van der Waals surface area (Å²) in [5.41, 5.74) is 4.58. The van der Waals surface area contributed by atoms with Gasteiger partial charge in [0.2, 0.25) is 0 Å². The van der Waals surface area contributed by atoms with Crippen LogP contribution in [0.2, 0.25) is 0 Å². The fourth-order valence-corrected chi connectivity index (χ4v) is 1.69. The summed E-state index contributed by atoms with van der Waals surface area (Å²) in [6, 6.07) is 1.85. The van der Waals surface area contributed by atoms with Crippen molar-refractivity contribution in [2.24, 2.45) is 5.84 Å². The Labute approximate surface area is 79.1 Å². The third kappa shape index (κ3) is 1.59. The molecular formula is C7H9N5S. The van der Waals surface area contributed by atoms with E-state index >= 15 is 0 Å². The molecule has 0 aliphatic rings. The van der Waals surface area contributed by atoms with Crippen LogP contribution in [0.3, 0.4) is 0 Å². The maximum Gasteiger partial charge on any atom is 0.0922 e. The van der Waals surface area contributed by atoms with Crippen molar-refractivity contribution in [3.63, 3.8) is 0 Å². The van der Waals surface area contributed by atoms with Gasteiger partial charge in [0.05, 0.1) is 17.9 Å². The molecule has 5 nitrogen and oxygen atoms in total. The molecule has 1 atom stereocenters. The van der Waals surface area contributed by atoms with Crippen molar-refractivity contribution < 1.29 is 0 Å². The molecule has 0 spiro atoms. The minimum atomic E-state index is -0.0787. The molecule has 0 saturated carbocycles. The van der Waals surface area contributed by atoms with E-state index in [1.54, 1.807) is 12.4 Å². The van der Waals surface area contributed by atoms with Crippen LogP contribution >= 0.6 is 11.5 Å². The summed E-state index contributed by atoms with van der Waals surface area (Å²) in [5, 5.41) is 8.51. The van der Waals surface area contributed by atoms with E-state index in [1.165, 1.54) is 11.5 Å². The second-order valence-corrected chi connectivity index (χ2v) is 3.22. The molecule has 0 aromatic carbocycles. The molecule has 0 aliphatic carbocycles. The van der Waals surface area contributed by atoms with Crippen LogP contribution < -0.4 is 11.3 Å². The van der Waals surface area contributed by atoms with Gasteiger partial charge >= 0.3 is 0 Å². The lowest BCUT2D eigenvalue weighted by Crippen LogP contribution is -2.28. The molecule has 0 fully saturated rings. The zero-order valence-corrected chi connectivity index (χ0v) is 7.58. The second kappa shape index (κ2) is 3.65. The van der Waals surface area contributed by atoms with Gasteiger partial charge in [0.15, 0.2) is 0 Å². The standard InChI is InChI=1S/C7H9N5S/c8-11-7(5-3-9-10-4-5)6-1-2-13-12-6/h1-4,7,11H,8H2,(H,9,10). The Hall–Kier alpha value is -1.24. The van der Waals surface area contributed by atoms with E-state index < -0.39 is 0 Å². The van der Waals surface area contributed by atoms with E-state index in [0.717, 1.165) is 11.3 Å². The van der Waals surface area contributed by atoms with Gasteiger partial charge in [-0.05, 0) is 17.6 Å². The summed E-state index contributed by atoms with van der Waals surface area (Å²) < 4.78 is 4.20. The molecule has 2 aromatic heterocycles. The predicted molar refractivity (Wildman–Crippen MR) is 49.9 cm³/mol. The molecule has 2 rings (SSSR count). The summed E-state index contributed by atoms with van der Waals surface area (Å²) in [5.74, 6) is 5.43. The summed E-state index contributed by atoms with van der Waals surface area (Å²) in [6.07, 6.45) is 3.52. The summed E-state index contributed by atoms with van der Waals surface area (Å²) in [7, 11) is 0. The van der Waals surface area contributed by atoms with E-state index in [2.05, 4.69) is 20.0 Å². The van der Waals surface area contributed by atoms with Crippen molar-refractivity contribution in [3.05, 3.63) is 35.1 Å². The number of nitrogens with two attached hydrogens (primary N) is 1.